The Morgan fingerprint density at radius 2 is 2.11 bits per heavy atom. The van der Waals surface area contributed by atoms with Gasteiger partial charge < -0.3 is 15.8 Å². The van der Waals surface area contributed by atoms with Crippen molar-refractivity contribution in [2.45, 2.75) is 18.4 Å². The molecule has 0 radical (unpaired) electrons. The van der Waals surface area contributed by atoms with E-state index in [-0.39, 0.29) is 5.91 Å². The summed E-state index contributed by atoms with van der Waals surface area (Å²) in [4.78, 5) is 12.2. The van der Waals surface area contributed by atoms with Gasteiger partial charge in [-0.15, -0.1) is 0 Å². The molecule has 98 valence electrons. The minimum Gasteiger partial charge on any atom is -0.381 e. The number of ether oxygens (including phenoxy) is 1. The number of halogens is 2. The molecule has 1 amide bonds. The molecule has 0 unspecified atom stereocenters. The number of carbonyl (C=O) groups is 1. The first-order chi connectivity index (χ1) is 8.51. The van der Waals surface area contributed by atoms with Gasteiger partial charge in [-0.1, -0.05) is 11.6 Å². The van der Waals surface area contributed by atoms with Crippen molar-refractivity contribution >= 4 is 45.8 Å². The van der Waals surface area contributed by atoms with Gasteiger partial charge in [-0.3, -0.25) is 4.79 Å². The number of benzene rings is 1. The third-order valence-electron chi connectivity index (χ3n) is 3.02. The molecule has 1 aliphatic heterocycles. The Balaban J connectivity index is 2.11. The fourth-order valence-electron chi connectivity index (χ4n) is 1.80. The first-order valence-electron chi connectivity index (χ1n) is 5.64. The largest absolute Gasteiger partial charge is 0.381 e. The van der Waals surface area contributed by atoms with Crippen LogP contribution in [0.5, 0.6) is 0 Å². The lowest BCUT2D eigenvalue weighted by Gasteiger charge is -2.31. The summed E-state index contributed by atoms with van der Waals surface area (Å²) in [6.45, 7) is 1.06. The van der Waals surface area contributed by atoms with Crippen molar-refractivity contribution in [2.24, 2.45) is 5.73 Å². The second-order valence-electron chi connectivity index (χ2n) is 4.35. The molecule has 3 N–H and O–H groups in total. The normalized spacial score (nSPS) is 18.4. The Kier molecular flexibility index (Phi) is 4.47. The molecule has 0 aliphatic carbocycles. The summed E-state index contributed by atoms with van der Waals surface area (Å²) >= 11 is 8.00. The first kappa shape index (κ1) is 14.0. The zero-order valence-electron chi connectivity index (χ0n) is 9.71. The molecule has 1 heterocycles. The summed E-state index contributed by atoms with van der Waals surface area (Å²) < 4.78 is 6.12. The number of nitrogens with one attached hydrogen (secondary N) is 1. The molecule has 0 bridgehead atoms. The highest BCUT2D eigenvalue weighted by Crippen LogP contribution is 2.25. The maximum Gasteiger partial charge on any atom is 0.244 e. The smallest absolute Gasteiger partial charge is 0.244 e. The number of amides is 1. The van der Waals surface area contributed by atoms with E-state index >= 15 is 0 Å². The molecule has 1 aromatic carbocycles. The Morgan fingerprint density at radius 3 is 2.72 bits per heavy atom. The van der Waals surface area contributed by atoms with Gasteiger partial charge in [0.1, 0.15) is 5.54 Å². The van der Waals surface area contributed by atoms with Gasteiger partial charge in [-0.25, -0.2) is 0 Å². The van der Waals surface area contributed by atoms with Crippen molar-refractivity contribution in [3.63, 3.8) is 0 Å². The average molecular weight is 381 g/mol. The Hall–Kier alpha value is -0.370. The van der Waals surface area contributed by atoms with Crippen LogP contribution in [0, 0.1) is 3.57 Å². The number of anilines is 1. The van der Waals surface area contributed by atoms with Crippen LogP contribution in [0.1, 0.15) is 12.8 Å². The van der Waals surface area contributed by atoms with E-state index in [1.165, 1.54) is 0 Å². The fourth-order valence-corrected chi connectivity index (χ4v) is 2.81. The summed E-state index contributed by atoms with van der Waals surface area (Å²) in [5.74, 6) is -0.161. The van der Waals surface area contributed by atoms with E-state index in [2.05, 4.69) is 27.9 Å². The van der Waals surface area contributed by atoms with Gasteiger partial charge in [0, 0.05) is 21.8 Å². The minimum atomic E-state index is -0.832. The molecule has 0 saturated carbocycles. The average Bonchev–Trinajstić information content (AvgIpc) is 2.33. The van der Waals surface area contributed by atoms with Crippen LogP contribution in [0.15, 0.2) is 18.2 Å². The van der Waals surface area contributed by atoms with Gasteiger partial charge in [-0.05, 0) is 53.6 Å². The molecule has 18 heavy (non-hydrogen) atoms. The quantitative estimate of drug-likeness (QED) is 0.775. The van der Waals surface area contributed by atoms with Crippen molar-refractivity contribution in [1.29, 1.82) is 0 Å². The van der Waals surface area contributed by atoms with Crippen molar-refractivity contribution in [3.8, 4) is 0 Å². The summed E-state index contributed by atoms with van der Waals surface area (Å²) in [5.41, 5.74) is 6.01. The molecule has 1 aromatic rings. The molecule has 1 aliphatic rings. The summed E-state index contributed by atoms with van der Waals surface area (Å²) in [7, 11) is 0. The van der Waals surface area contributed by atoms with Gasteiger partial charge in [0.25, 0.3) is 0 Å². The van der Waals surface area contributed by atoms with Gasteiger partial charge in [-0.2, -0.15) is 0 Å². The maximum atomic E-state index is 12.2. The molecule has 2 rings (SSSR count). The predicted molar refractivity (Wildman–Crippen MR) is 79.8 cm³/mol. The number of rotatable bonds is 2. The van der Waals surface area contributed by atoms with Gasteiger partial charge in [0.2, 0.25) is 5.91 Å². The van der Waals surface area contributed by atoms with E-state index in [9.17, 15) is 4.79 Å². The van der Waals surface area contributed by atoms with E-state index in [0.717, 1.165) is 9.26 Å². The van der Waals surface area contributed by atoms with E-state index in [0.29, 0.717) is 31.1 Å². The monoisotopic (exact) mass is 380 g/mol. The Bertz CT molecular complexity index is 461. The van der Waals surface area contributed by atoms with Crippen LogP contribution in [0.2, 0.25) is 5.02 Å². The Labute approximate surface area is 124 Å². The van der Waals surface area contributed by atoms with Crippen LogP contribution in [0.3, 0.4) is 0 Å². The highest BCUT2D eigenvalue weighted by atomic mass is 127. The van der Waals surface area contributed by atoms with Gasteiger partial charge in [0.15, 0.2) is 0 Å². The zero-order valence-corrected chi connectivity index (χ0v) is 12.6. The molecule has 6 heteroatoms. The van der Waals surface area contributed by atoms with E-state index in [1.807, 2.05) is 0 Å². The topological polar surface area (TPSA) is 64.4 Å². The van der Waals surface area contributed by atoms with Crippen LogP contribution in [-0.4, -0.2) is 24.7 Å². The standard InChI is InChI=1S/C12H14ClIN2O2/c13-8-1-2-10(9(14)7-8)16-11(17)12(15)3-5-18-6-4-12/h1-2,7H,3-6,15H2,(H,16,17). The van der Waals surface area contributed by atoms with E-state index in [1.54, 1.807) is 18.2 Å². The second-order valence-corrected chi connectivity index (χ2v) is 5.95. The second kappa shape index (κ2) is 5.73. The van der Waals surface area contributed by atoms with Crippen molar-refractivity contribution in [3.05, 3.63) is 26.8 Å². The van der Waals surface area contributed by atoms with E-state index < -0.39 is 5.54 Å². The van der Waals surface area contributed by atoms with Gasteiger partial charge in [0.05, 0.1) is 5.69 Å². The van der Waals surface area contributed by atoms with Crippen molar-refractivity contribution in [1.82, 2.24) is 0 Å². The summed E-state index contributed by atoms with van der Waals surface area (Å²) in [6.07, 6.45) is 1.09. The van der Waals surface area contributed by atoms with E-state index in [4.69, 9.17) is 22.1 Å². The van der Waals surface area contributed by atoms with Crippen molar-refractivity contribution < 1.29 is 9.53 Å². The van der Waals surface area contributed by atoms with Crippen molar-refractivity contribution in [2.75, 3.05) is 18.5 Å². The van der Waals surface area contributed by atoms with Gasteiger partial charge >= 0.3 is 0 Å². The lowest BCUT2D eigenvalue weighted by Crippen LogP contribution is -2.54. The molecule has 1 fully saturated rings. The third-order valence-corrected chi connectivity index (χ3v) is 4.14. The highest BCUT2D eigenvalue weighted by molar-refractivity contribution is 14.1. The molecule has 1 saturated heterocycles. The molecule has 0 atom stereocenters. The summed E-state index contributed by atoms with van der Waals surface area (Å²) in [5, 5.41) is 3.51. The first-order valence-corrected chi connectivity index (χ1v) is 7.10. The number of nitrogens with two attached hydrogens (primary N) is 1. The molecule has 0 spiro atoms. The number of hydrogen-bond acceptors (Lipinski definition) is 3. The van der Waals surface area contributed by atoms with Crippen LogP contribution >= 0.6 is 34.2 Å². The van der Waals surface area contributed by atoms with Crippen LogP contribution in [0.25, 0.3) is 0 Å². The fraction of sp³-hybridized carbons (Fsp3) is 0.417. The molecule has 0 aromatic heterocycles. The minimum absolute atomic E-state index is 0.161. The summed E-state index contributed by atoms with van der Waals surface area (Å²) in [6, 6.07) is 5.32. The zero-order chi connectivity index (χ0) is 13.2. The molecule has 4 nitrogen and oxygen atoms in total. The van der Waals surface area contributed by atoms with Crippen LogP contribution in [0.4, 0.5) is 5.69 Å². The lowest BCUT2D eigenvalue weighted by atomic mass is 9.90. The number of hydrogen-bond donors (Lipinski definition) is 2. The lowest BCUT2D eigenvalue weighted by molar-refractivity contribution is -0.124. The Morgan fingerprint density at radius 1 is 1.44 bits per heavy atom. The third kappa shape index (κ3) is 3.14. The van der Waals surface area contributed by atoms with Crippen LogP contribution in [-0.2, 0) is 9.53 Å². The SMILES string of the molecule is NC1(C(=O)Nc2ccc(Cl)cc2I)CCOCC1. The predicted octanol–water partition coefficient (Wildman–Crippen LogP) is 2.39. The molecular weight excluding hydrogens is 367 g/mol. The molecular formula is C12H14ClIN2O2. The number of carbonyl (C=O) groups excluding carboxylic acids is 1. The highest BCUT2D eigenvalue weighted by Gasteiger charge is 2.36. The maximum absolute atomic E-state index is 12.2. The van der Waals surface area contributed by atoms with Crippen LogP contribution < -0.4 is 11.1 Å².